The summed E-state index contributed by atoms with van der Waals surface area (Å²) >= 11 is 5.03. The molecule has 21 heavy (non-hydrogen) atoms. The van der Waals surface area contributed by atoms with Crippen LogP contribution in [0.5, 0.6) is 0 Å². The van der Waals surface area contributed by atoms with E-state index in [1.54, 1.807) is 0 Å². The van der Waals surface area contributed by atoms with Gasteiger partial charge in [-0.25, -0.2) is 0 Å². The molecule has 1 aromatic rings. The van der Waals surface area contributed by atoms with Gasteiger partial charge in [-0.05, 0) is 42.3 Å². The van der Waals surface area contributed by atoms with Crippen LogP contribution in [0.1, 0.15) is 43.6 Å². The van der Waals surface area contributed by atoms with Gasteiger partial charge in [0.1, 0.15) is 0 Å². The van der Waals surface area contributed by atoms with Gasteiger partial charge in [0.2, 0.25) is 0 Å². The van der Waals surface area contributed by atoms with Gasteiger partial charge in [0.05, 0.1) is 0 Å². The van der Waals surface area contributed by atoms with Gasteiger partial charge < -0.3 is 5.32 Å². The minimum Gasteiger partial charge on any atom is -0.358 e. The summed E-state index contributed by atoms with van der Waals surface area (Å²) in [5, 5.41) is 3.28. The molecular formula is C16H23N3OS. The summed E-state index contributed by atoms with van der Waals surface area (Å²) < 4.78 is 0. The monoisotopic (exact) mass is 305 g/mol. The molecule has 0 heterocycles. The molecule has 1 rings (SSSR count). The Morgan fingerprint density at radius 2 is 1.76 bits per heavy atom. The van der Waals surface area contributed by atoms with Crippen LogP contribution < -0.4 is 16.2 Å². The molecule has 0 radical (unpaired) electrons. The zero-order valence-corrected chi connectivity index (χ0v) is 13.9. The van der Waals surface area contributed by atoms with Crippen molar-refractivity contribution in [3.63, 3.8) is 0 Å². The topological polar surface area (TPSA) is 53.2 Å². The fraction of sp³-hybridized carbons (Fsp3) is 0.375. The second kappa shape index (κ2) is 7.22. The van der Waals surface area contributed by atoms with Crippen molar-refractivity contribution < 1.29 is 4.79 Å². The number of benzene rings is 1. The van der Waals surface area contributed by atoms with Crippen LogP contribution >= 0.6 is 12.2 Å². The highest BCUT2D eigenvalue weighted by atomic mass is 32.1. The lowest BCUT2D eigenvalue weighted by atomic mass is 9.87. The molecule has 5 heteroatoms. The first-order valence-electron chi connectivity index (χ1n) is 6.79. The second-order valence-electron chi connectivity index (χ2n) is 6.05. The van der Waals surface area contributed by atoms with Crippen molar-refractivity contribution in [3.05, 3.63) is 47.5 Å². The van der Waals surface area contributed by atoms with Crippen LogP contribution in [0, 0.1) is 0 Å². The van der Waals surface area contributed by atoms with Crippen LogP contribution in [0.2, 0.25) is 0 Å². The number of carbonyl (C=O) groups excluding carboxylic acids is 1. The Kier molecular flexibility index (Phi) is 5.90. The van der Waals surface area contributed by atoms with Crippen LogP contribution in [0.15, 0.2) is 36.4 Å². The van der Waals surface area contributed by atoms with Crippen molar-refractivity contribution in [2.24, 2.45) is 0 Å². The maximum absolute atomic E-state index is 12.0. The van der Waals surface area contributed by atoms with Gasteiger partial charge in [0.25, 0.3) is 5.91 Å². The van der Waals surface area contributed by atoms with Crippen LogP contribution in [0.4, 0.5) is 0 Å². The standard InChI is InChI=1S/C16H23N3OS/c1-11(2)10-17-15(21)19-18-14(20)12-6-8-13(9-7-12)16(3,4)5/h6-9H,1,10H2,2-5H3,(H,18,20)(H2,17,19,21). The summed E-state index contributed by atoms with van der Waals surface area (Å²) in [5.74, 6) is -0.227. The molecule has 0 atom stereocenters. The van der Waals surface area contributed by atoms with Gasteiger partial charge >= 0.3 is 0 Å². The Hall–Kier alpha value is -1.88. The fourth-order valence-corrected chi connectivity index (χ4v) is 1.71. The minimum absolute atomic E-state index is 0.0707. The molecule has 0 unspecified atom stereocenters. The van der Waals surface area contributed by atoms with Crippen LogP contribution in [0.3, 0.4) is 0 Å². The van der Waals surface area contributed by atoms with Gasteiger partial charge in [0.15, 0.2) is 5.11 Å². The average molecular weight is 305 g/mol. The van der Waals surface area contributed by atoms with Crippen molar-refractivity contribution in [1.82, 2.24) is 16.2 Å². The van der Waals surface area contributed by atoms with E-state index in [-0.39, 0.29) is 11.3 Å². The molecule has 0 saturated heterocycles. The summed E-state index contributed by atoms with van der Waals surface area (Å²) in [6.45, 7) is 12.6. The molecular weight excluding hydrogens is 282 g/mol. The lowest BCUT2D eigenvalue weighted by Crippen LogP contribution is -2.47. The lowest BCUT2D eigenvalue weighted by Gasteiger charge is -2.19. The number of nitrogens with one attached hydrogen (secondary N) is 3. The molecule has 0 saturated carbocycles. The van der Waals surface area contributed by atoms with E-state index in [9.17, 15) is 4.79 Å². The zero-order chi connectivity index (χ0) is 16.0. The summed E-state index contributed by atoms with van der Waals surface area (Å²) in [6, 6.07) is 7.54. The van der Waals surface area contributed by atoms with E-state index in [2.05, 4.69) is 43.5 Å². The molecule has 1 aromatic carbocycles. The average Bonchev–Trinajstić information content (AvgIpc) is 2.41. The molecule has 114 valence electrons. The molecule has 0 fully saturated rings. The fourth-order valence-electron chi connectivity index (χ4n) is 1.58. The van der Waals surface area contributed by atoms with Crippen molar-refractivity contribution in [2.75, 3.05) is 6.54 Å². The lowest BCUT2D eigenvalue weighted by molar-refractivity contribution is 0.0943. The van der Waals surface area contributed by atoms with E-state index in [0.29, 0.717) is 17.2 Å². The first-order chi connectivity index (χ1) is 9.70. The summed E-state index contributed by atoms with van der Waals surface area (Å²) in [4.78, 5) is 12.0. The second-order valence-corrected chi connectivity index (χ2v) is 6.45. The van der Waals surface area contributed by atoms with Gasteiger partial charge in [-0.3, -0.25) is 15.6 Å². The van der Waals surface area contributed by atoms with E-state index < -0.39 is 0 Å². The summed E-state index contributed by atoms with van der Waals surface area (Å²) in [5.41, 5.74) is 8.02. The Morgan fingerprint density at radius 1 is 1.19 bits per heavy atom. The quantitative estimate of drug-likeness (QED) is 0.456. The van der Waals surface area contributed by atoms with Crippen LogP contribution in [-0.4, -0.2) is 17.6 Å². The number of hydrogen-bond acceptors (Lipinski definition) is 2. The molecule has 0 bridgehead atoms. The normalized spacial score (nSPS) is 10.7. The molecule has 4 nitrogen and oxygen atoms in total. The molecule has 3 N–H and O–H groups in total. The van der Waals surface area contributed by atoms with E-state index in [1.165, 1.54) is 5.56 Å². The summed E-state index contributed by atoms with van der Waals surface area (Å²) in [7, 11) is 0. The highest BCUT2D eigenvalue weighted by molar-refractivity contribution is 7.80. The Morgan fingerprint density at radius 3 is 2.24 bits per heavy atom. The Labute approximate surface area is 132 Å². The van der Waals surface area contributed by atoms with E-state index in [1.807, 2.05) is 31.2 Å². The minimum atomic E-state index is -0.227. The number of hydrogen-bond donors (Lipinski definition) is 3. The third kappa shape index (κ3) is 5.95. The van der Waals surface area contributed by atoms with Crippen LogP contribution in [-0.2, 0) is 5.41 Å². The van der Waals surface area contributed by atoms with E-state index in [0.717, 1.165) is 5.57 Å². The number of carbonyl (C=O) groups is 1. The smallest absolute Gasteiger partial charge is 0.269 e. The maximum atomic E-state index is 12.0. The van der Waals surface area contributed by atoms with Crippen molar-refractivity contribution >= 4 is 23.2 Å². The Bertz CT molecular complexity index is 529. The predicted octanol–water partition coefficient (Wildman–Crippen LogP) is 2.67. The zero-order valence-electron chi connectivity index (χ0n) is 13.0. The first-order valence-corrected chi connectivity index (χ1v) is 7.20. The number of thiocarbonyl (C=S) groups is 1. The number of rotatable bonds is 3. The molecule has 0 aliphatic heterocycles. The number of hydrazine groups is 1. The van der Waals surface area contributed by atoms with Crippen molar-refractivity contribution in [1.29, 1.82) is 0 Å². The van der Waals surface area contributed by atoms with E-state index in [4.69, 9.17) is 12.2 Å². The molecule has 0 aromatic heterocycles. The predicted molar refractivity (Wildman–Crippen MR) is 91.2 cm³/mol. The third-order valence-corrected chi connectivity index (χ3v) is 3.10. The van der Waals surface area contributed by atoms with Crippen LogP contribution in [0.25, 0.3) is 0 Å². The molecule has 0 aliphatic carbocycles. The molecule has 0 aliphatic rings. The maximum Gasteiger partial charge on any atom is 0.269 e. The molecule has 0 spiro atoms. The first kappa shape index (κ1) is 17.2. The van der Waals surface area contributed by atoms with Crippen molar-refractivity contribution in [2.45, 2.75) is 33.1 Å². The number of amides is 1. The van der Waals surface area contributed by atoms with Crippen molar-refractivity contribution in [3.8, 4) is 0 Å². The highest BCUT2D eigenvalue weighted by Gasteiger charge is 2.14. The van der Waals surface area contributed by atoms with Gasteiger partial charge in [-0.15, -0.1) is 0 Å². The van der Waals surface area contributed by atoms with E-state index >= 15 is 0 Å². The van der Waals surface area contributed by atoms with Gasteiger partial charge in [-0.2, -0.15) is 0 Å². The van der Waals surface area contributed by atoms with Gasteiger partial charge in [0, 0.05) is 12.1 Å². The summed E-state index contributed by atoms with van der Waals surface area (Å²) in [6.07, 6.45) is 0. The highest BCUT2D eigenvalue weighted by Crippen LogP contribution is 2.22. The largest absolute Gasteiger partial charge is 0.358 e. The Balaban J connectivity index is 2.53. The van der Waals surface area contributed by atoms with Gasteiger partial charge in [-0.1, -0.05) is 45.1 Å². The SMILES string of the molecule is C=C(C)CNC(=S)NNC(=O)c1ccc(C(C)(C)C)cc1. The third-order valence-electron chi connectivity index (χ3n) is 2.85. The molecule has 1 amide bonds.